The molecule has 0 bridgehead atoms. The molecule has 2 rings (SSSR count). The minimum Gasteiger partial charge on any atom is -0.496 e. The van der Waals surface area contributed by atoms with Crippen LogP contribution in [0.25, 0.3) is 11.3 Å². The summed E-state index contributed by atoms with van der Waals surface area (Å²) in [5, 5.41) is 9.01. The third-order valence-corrected chi connectivity index (χ3v) is 3.34. The third-order valence-electron chi connectivity index (χ3n) is 3.34. The van der Waals surface area contributed by atoms with Gasteiger partial charge in [0.05, 0.1) is 12.7 Å². The van der Waals surface area contributed by atoms with Gasteiger partial charge in [0.15, 0.2) is 0 Å². The lowest BCUT2D eigenvalue weighted by Gasteiger charge is -2.12. The van der Waals surface area contributed by atoms with E-state index in [1.807, 2.05) is 13.8 Å². The zero-order valence-electron chi connectivity index (χ0n) is 11.5. The van der Waals surface area contributed by atoms with E-state index >= 15 is 0 Å². The highest BCUT2D eigenvalue weighted by atomic mass is 16.5. The first-order chi connectivity index (χ1) is 9.43. The van der Waals surface area contributed by atoms with Gasteiger partial charge < -0.3 is 14.8 Å². The van der Waals surface area contributed by atoms with Crippen LogP contribution in [0, 0.1) is 13.8 Å². The molecule has 1 heterocycles. The van der Waals surface area contributed by atoms with Crippen LogP contribution in [0.15, 0.2) is 29.1 Å². The zero-order valence-corrected chi connectivity index (χ0v) is 11.5. The Morgan fingerprint density at radius 2 is 1.90 bits per heavy atom. The molecule has 0 unspecified atom stereocenters. The van der Waals surface area contributed by atoms with Gasteiger partial charge in [-0.1, -0.05) is 0 Å². The SMILES string of the molecule is COc1ccc(-c2cc(C(=O)O)cc(=O)[nH]2)c(C)c1C. The van der Waals surface area contributed by atoms with Crippen molar-refractivity contribution in [1.82, 2.24) is 4.98 Å². The van der Waals surface area contributed by atoms with Gasteiger partial charge in [-0.25, -0.2) is 4.79 Å². The van der Waals surface area contributed by atoms with Crippen LogP contribution in [0.1, 0.15) is 21.5 Å². The molecule has 20 heavy (non-hydrogen) atoms. The zero-order chi connectivity index (χ0) is 14.9. The summed E-state index contributed by atoms with van der Waals surface area (Å²) in [7, 11) is 1.59. The van der Waals surface area contributed by atoms with Crippen LogP contribution in [0.2, 0.25) is 0 Å². The van der Waals surface area contributed by atoms with E-state index in [0.717, 1.165) is 28.5 Å². The molecule has 0 atom stereocenters. The van der Waals surface area contributed by atoms with Gasteiger partial charge in [0.1, 0.15) is 5.75 Å². The molecule has 1 aromatic carbocycles. The molecular formula is C15H15NO4. The van der Waals surface area contributed by atoms with Crippen molar-refractivity contribution < 1.29 is 14.6 Å². The Morgan fingerprint density at radius 1 is 1.20 bits per heavy atom. The minimum atomic E-state index is -1.12. The predicted octanol–water partition coefficient (Wildman–Crippen LogP) is 2.37. The Bertz CT molecular complexity index is 731. The molecule has 0 aliphatic heterocycles. The van der Waals surface area contributed by atoms with Crippen molar-refractivity contribution >= 4 is 5.97 Å². The number of carboxylic acid groups (broad SMARTS) is 1. The van der Waals surface area contributed by atoms with Gasteiger partial charge >= 0.3 is 5.97 Å². The molecule has 0 aliphatic carbocycles. The fourth-order valence-electron chi connectivity index (χ4n) is 2.12. The van der Waals surface area contributed by atoms with Gasteiger partial charge in [-0.3, -0.25) is 4.79 Å². The monoisotopic (exact) mass is 273 g/mol. The van der Waals surface area contributed by atoms with Crippen LogP contribution in [0.5, 0.6) is 5.75 Å². The van der Waals surface area contributed by atoms with Crippen molar-refractivity contribution in [2.24, 2.45) is 0 Å². The van der Waals surface area contributed by atoms with Gasteiger partial charge in [0.2, 0.25) is 5.56 Å². The summed E-state index contributed by atoms with van der Waals surface area (Å²) in [6, 6.07) is 6.12. The normalized spacial score (nSPS) is 10.3. The van der Waals surface area contributed by atoms with Crippen molar-refractivity contribution in [1.29, 1.82) is 0 Å². The van der Waals surface area contributed by atoms with E-state index < -0.39 is 11.5 Å². The number of carboxylic acids is 1. The first-order valence-corrected chi connectivity index (χ1v) is 6.06. The van der Waals surface area contributed by atoms with Crippen molar-refractivity contribution in [3.8, 4) is 17.0 Å². The smallest absolute Gasteiger partial charge is 0.335 e. The van der Waals surface area contributed by atoms with Crippen LogP contribution < -0.4 is 10.3 Å². The second-order valence-corrected chi connectivity index (χ2v) is 4.52. The van der Waals surface area contributed by atoms with E-state index in [1.54, 1.807) is 19.2 Å². The minimum absolute atomic E-state index is 0.0309. The second-order valence-electron chi connectivity index (χ2n) is 4.52. The van der Waals surface area contributed by atoms with Crippen molar-refractivity contribution in [2.45, 2.75) is 13.8 Å². The highest BCUT2D eigenvalue weighted by molar-refractivity contribution is 5.89. The van der Waals surface area contributed by atoms with Gasteiger partial charge in [-0.05, 0) is 43.2 Å². The summed E-state index contributed by atoms with van der Waals surface area (Å²) < 4.78 is 5.24. The van der Waals surface area contributed by atoms with Crippen molar-refractivity contribution in [3.05, 3.63) is 51.3 Å². The second kappa shape index (κ2) is 5.21. The first-order valence-electron chi connectivity index (χ1n) is 6.06. The maximum atomic E-state index is 11.6. The lowest BCUT2D eigenvalue weighted by atomic mass is 9.99. The first kappa shape index (κ1) is 13.9. The number of hydrogen-bond donors (Lipinski definition) is 2. The fraction of sp³-hybridized carbons (Fsp3) is 0.200. The Kier molecular flexibility index (Phi) is 3.61. The number of aromatic nitrogens is 1. The standard InChI is InChI=1S/C15H15NO4/c1-8-9(2)13(20-3)5-4-11(8)12-6-10(15(18)19)7-14(17)16-12/h4-7H,1-3H3,(H,16,17)(H,18,19). The molecule has 0 saturated heterocycles. The van der Waals surface area contributed by atoms with E-state index in [-0.39, 0.29) is 5.56 Å². The average molecular weight is 273 g/mol. The molecule has 1 aromatic heterocycles. The summed E-state index contributed by atoms with van der Waals surface area (Å²) in [5.74, 6) is -0.372. The number of nitrogens with one attached hydrogen (secondary N) is 1. The number of aromatic amines is 1. The molecule has 5 nitrogen and oxygen atoms in total. The van der Waals surface area contributed by atoms with Crippen molar-refractivity contribution in [2.75, 3.05) is 7.11 Å². The third kappa shape index (κ3) is 2.42. The van der Waals surface area contributed by atoms with Gasteiger partial charge in [0.25, 0.3) is 0 Å². The number of ether oxygens (including phenoxy) is 1. The topological polar surface area (TPSA) is 79.4 Å². The van der Waals surface area contributed by atoms with Crippen LogP contribution in [0.3, 0.4) is 0 Å². The van der Waals surface area contributed by atoms with E-state index in [1.165, 1.54) is 6.07 Å². The summed E-state index contributed by atoms with van der Waals surface area (Å²) in [6.07, 6.45) is 0. The lowest BCUT2D eigenvalue weighted by Crippen LogP contribution is -2.10. The molecule has 0 amide bonds. The van der Waals surface area contributed by atoms with Gasteiger partial charge in [-0.15, -0.1) is 0 Å². The van der Waals surface area contributed by atoms with Crippen LogP contribution in [-0.2, 0) is 0 Å². The Hall–Kier alpha value is -2.56. The van der Waals surface area contributed by atoms with Crippen LogP contribution >= 0.6 is 0 Å². The molecule has 5 heteroatoms. The van der Waals surface area contributed by atoms with Gasteiger partial charge in [-0.2, -0.15) is 0 Å². The number of benzene rings is 1. The maximum absolute atomic E-state index is 11.6. The van der Waals surface area contributed by atoms with Crippen LogP contribution in [-0.4, -0.2) is 23.2 Å². The highest BCUT2D eigenvalue weighted by Gasteiger charge is 2.12. The molecular weight excluding hydrogens is 258 g/mol. The number of hydrogen-bond acceptors (Lipinski definition) is 3. The Labute approximate surface area is 115 Å². The molecule has 2 aromatic rings. The van der Waals surface area contributed by atoms with Crippen LogP contribution in [0.4, 0.5) is 0 Å². The quantitative estimate of drug-likeness (QED) is 0.899. The Balaban J connectivity index is 2.66. The molecule has 104 valence electrons. The largest absolute Gasteiger partial charge is 0.496 e. The molecule has 0 saturated carbocycles. The number of rotatable bonds is 3. The van der Waals surface area contributed by atoms with Crippen molar-refractivity contribution in [3.63, 3.8) is 0 Å². The number of aromatic carboxylic acids is 1. The number of carbonyl (C=O) groups is 1. The summed E-state index contributed by atoms with van der Waals surface area (Å²) in [4.78, 5) is 25.2. The molecule has 0 aliphatic rings. The summed E-state index contributed by atoms with van der Waals surface area (Å²) in [6.45, 7) is 3.82. The molecule has 0 radical (unpaired) electrons. The summed E-state index contributed by atoms with van der Waals surface area (Å²) in [5.41, 5.74) is 2.68. The summed E-state index contributed by atoms with van der Waals surface area (Å²) >= 11 is 0. The Morgan fingerprint density at radius 3 is 2.50 bits per heavy atom. The predicted molar refractivity (Wildman–Crippen MR) is 75.5 cm³/mol. The number of methoxy groups -OCH3 is 1. The van der Waals surface area contributed by atoms with E-state index in [2.05, 4.69) is 4.98 Å². The fourth-order valence-corrected chi connectivity index (χ4v) is 2.12. The molecule has 2 N–H and O–H groups in total. The molecule has 0 fully saturated rings. The average Bonchev–Trinajstić information content (AvgIpc) is 2.41. The maximum Gasteiger partial charge on any atom is 0.335 e. The number of pyridine rings is 1. The van der Waals surface area contributed by atoms with E-state index in [0.29, 0.717) is 5.69 Å². The molecule has 0 spiro atoms. The van der Waals surface area contributed by atoms with E-state index in [9.17, 15) is 9.59 Å². The lowest BCUT2D eigenvalue weighted by molar-refractivity contribution is 0.0696. The van der Waals surface area contributed by atoms with Gasteiger partial charge in [0, 0.05) is 17.3 Å². The van der Waals surface area contributed by atoms with E-state index in [4.69, 9.17) is 9.84 Å². The highest BCUT2D eigenvalue weighted by Crippen LogP contribution is 2.29. The number of H-pyrrole nitrogens is 1.